The minimum Gasteiger partial charge on any atom is -0.377 e. The van der Waals surface area contributed by atoms with E-state index < -0.39 is 0 Å². The van der Waals surface area contributed by atoms with Crippen LogP contribution in [0.25, 0.3) is 0 Å². The van der Waals surface area contributed by atoms with Crippen molar-refractivity contribution in [3.8, 4) is 0 Å². The van der Waals surface area contributed by atoms with Crippen LogP contribution in [0.2, 0.25) is 0 Å². The fourth-order valence-corrected chi connectivity index (χ4v) is 2.52. The molecule has 1 saturated heterocycles. The van der Waals surface area contributed by atoms with Gasteiger partial charge in [-0.05, 0) is 25.7 Å². The van der Waals surface area contributed by atoms with Crippen molar-refractivity contribution in [2.24, 2.45) is 5.41 Å². The molecule has 1 N–H and O–H groups in total. The number of hydrogen-bond acceptors (Lipinski definition) is 3. The van der Waals surface area contributed by atoms with Gasteiger partial charge in [0.2, 0.25) is 0 Å². The summed E-state index contributed by atoms with van der Waals surface area (Å²) in [5, 5.41) is 3.71. The van der Waals surface area contributed by atoms with Crippen LogP contribution in [0.5, 0.6) is 0 Å². The molecule has 2 unspecified atom stereocenters. The van der Waals surface area contributed by atoms with Crippen LogP contribution in [0.3, 0.4) is 0 Å². The first-order valence-electron chi connectivity index (χ1n) is 7.43. The first-order valence-corrected chi connectivity index (χ1v) is 7.43. The molecule has 1 aliphatic rings. The maximum atomic E-state index is 5.70. The zero-order valence-electron chi connectivity index (χ0n) is 13.1. The largest absolute Gasteiger partial charge is 0.377 e. The van der Waals surface area contributed by atoms with E-state index in [0.717, 1.165) is 26.2 Å². The van der Waals surface area contributed by atoms with E-state index in [1.165, 1.54) is 6.42 Å². The zero-order valence-corrected chi connectivity index (χ0v) is 13.1. The Balaban J connectivity index is 2.49. The number of nitrogens with zero attached hydrogens (tertiary/aromatic N) is 1. The maximum Gasteiger partial charge on any atom is 0.0597 e. The monoisotopic (exact) mass is 256 g/mol. The van der Waals surface area contributed by atoms with E-state index >= 15 is 0 Å². The third-order valence-electron chi connectivity index (χ3n) is 3.88. The Kier molecular flexibility index (Phi) is 6.09. The molecule has 0 saturated carbocycles. The van der Waals surface area contributed by atoms with Crippen molar-refractivity contribution < 1.29 is 4.74 Å². The van der Waals surface area contributed by atoms with Crippen LogP contribution in [-0.2, 0) is 4.74 Å². The van der Waals surface area contributed by atoms with Crippen molar-refractivity contribution in [3.63, 3.8) is 0 Å². The molecule has 3 heteroatoms. The number of piperazine rings is 1. The number of ether oxygens (including phenoxy) is 1. The standard InChI is InChI=1S/C15H32N2O/c1-7-13-10-16-14(15(4,5)6)11-17(13)8-9-18-12(2)3/h12-14,16H,7-11H2,1-6H3. The van der Waals surface area contributed by atoms with Crippen LogP contribution in [-0.4, -0.2) is 49.3 Å². The van der Waals surface area contributed by atoms with Gasteiger partial charge < -0.3 is 10.1 Å². The Hall–Kier alpha value is -0.120. The van der Waals surface area contributed by atoms with Crippen molar-refractivity contribution >= 4 is 0 Å². The van der Waals surface area contributed by atoms with E-state index in [4.69, 9.17) is 4.74 Å². The fraction of sp³-hybridized carbons (Fsp3) is 1.00. The third-order valence-corrected chi connectivity index (χ3v) is 3.88. The molecule has 1 rings (SSSR count). The van der Waals surface area contributed by atoms with Gasteiger partial charge in [0.05, 0.1) is 12.7 Å². The Labute approximate surface area is 113 Å². The molecule has 0 aromatic rings. The predicted molar refractivity (Wildman–Crippen MR) is 78.0 cm³/mol. The molecule has 18 heavy (non-hydrogen) atoms. The van der Waals surface area contributed by atoms with Gasteiger partial charge in [0.1, 0.15) is 0 Å². The van der Waals surface area contributed by atoms with Crippen LogP contribution in [0.4, 0.5) is 0 Å². The topological polar surface area (TPSA) is 24.5 Å². The van der Waals surface area contributed by atoms with Gasteiger partial charge in [0, 0.05) is 31.7 Å². The molecule has 0 radical (unpaired) electrons. The van der Waals surface area contributed by atoms with E-state index in [1.807, 2.05) is 0 Å². The summed E-state index contributed by atoms with van der Waals surface area (Å²) in [5.41, 5.74) is 0.329. The van der Waals surface area contributed by atoms with Gasteiger partial charge in [-0.2, -0.15) is 0 Å². The van der Waals surface area contributed by atoms with Gasteiger partial charge in [0.15, 0.2) is 0 Å². The van der Waals surface area contributed by atoms with E-state index in [9.17, 15) is 0 Å². The number of rotatable bonds is 5. The summed E-state index contributed by atoms with van der Waals surface area (Å²) >= 11 is 0. The Morgan fingerprint density at radius 3 is 2.50 bits per heavy atom. The van der Waals surface area contributed by atoms with Crippen molar-refractivity contribution in [3.05, 3.63) is 0 Å². The van der Waals surface area contributed by atoms with Gasteiger partial charge in [-0.3, -0.25) is 4.90 Å². The molecular formula is C15H32N2O. The molecule has 0 aromatic carbocycles. The van der Waals surface area contributed by atoms with Gasteiger partial charge in [-0.15, -0.1) is 0 Å². The summed E-state index contributed by atoms with van der Waals surface area (Å²) < 4.78 is 5.70. The Morgan fingerprint density at radius 2 is 2.00 bits per heavy atom. The number of hydrogen-bond donors (Lipinski definition) is 1. The van der Waals surface area contributed by atoms with Gasteiger partial charge in [-0.25, -0.2) is 0 Å². The second kappa shape index (κ2) is 6.88. The Morgan fingerprint density at radius 1 is 1.33 bits per heavy atom. The smallest absolute Gasteiger partial charge is 0.0597 e. The van der Waals surface area contributed by atoms with Crippen molar-refractivity contribution in [2.75, 3.05) is 26.2 Å². The van der Waals surface area contributed by atoms with Crippen LogP contribution in [0.1, 0.15) is 48.0 Å². The summed E-state index contributed by atoms with van der Waals surface area (Å²) in [6, 6.07) is 1.25. The molecule has 0 aromatic heterocycles. The zero-order chi connectivity index (χ0) is 13.8. The summed E-state index contributed by atoms with van der Waals surface area (Å²) in [6.07, 6.45) is 1.55. The molecular weight excluding hydrogens is 224 g/mol. The van der Waals surface area contributed by atoms with Gasteiger partial charge in [0.25, 0.3) is 0 Å². The molecule has 1 aliphatic heterocycles. The normalized spacial score (nSPS) is 26.8. The second-order valence-corrected chi connectivity index (χ2v) is 6.80. The molecule has 108 valence electrons. The van der Waals surface area contributed by atoms with E-state index in [1.54, 1.807) is 0 Å². The second-order valence-electron chi connectivity index (χ2n) is 6.80. The highest BCUT2D eigenvalue weighted by Crippen LogP contribution is 2.24. The van der Waals surface area contributed by atoms with Crippen LogP contribution >= 0.6 is 0 Å². The van der Waals surface area contributed by atoms with Crippen molar-refractivity contribution in [1.29, 1.82) is 0 Å². The molecule has 0 aliphatic carbocycles. The molecule has 3 nitrogen and oxygen atoms in total. The highest BCUT2D eigenvalue weighted by atomic mass is 16.5. The first-order chi connectivity index (χ1) is 8.34. The lowest BCUT2D eigenvalue weighted by molar-refractivity contribution is 0.0246. The minimum absolute atomic E-state index is 0.329. The van der Waals surface area contributed by atoms with Crippen LogP contribution in [0, 0.1) is 5.41 Å². The lowest BCUT2D eigenvalue weighted by Gasteiger charge is -2.45. The molecule has 2 atom stereocenters. The average molecular weight is 256 g/mol. The van der Waals surface area contributed by atoms with E-state index in [2.05, 4.69) is 51.8 Å². The molecule has 0 bridgehead atoms. The average Bonchev–Trinajstić information content (AvgIpc) is 2.27. The highest BCUT2D eigenvalue weighted by molar-refractivity contribution is 4.91. The molecule has 0 spiro atoms. The summed E-state index contributed by atoms with van der Waals surface area (Å²) in [4.78, 5) is 2.61. The predicted octanol–water partition coefficient (Wildman–Crippen LogP) is 2.51. The molecule has 0 amide bonds. The van der Waals surface area contributed by atoms with Crippen LogP contribution in [0.15, 0.2) is 0 Å². The van der Waals surface area contributed by atoms with Crippen LogP contribution < -0.4 is 5.32 Å². The van der Waals surface area contributed by atoms with Crippen molar-refractivity contribution in [2.45, 2.75) is 66.2 Å². The highest BCUT2D eigenvalue weighted by Gasteiger charge is 2.32. The summed E-state index contributed by atoms with van der Waals surface area (Å²) in [7, 11) is 0. The summed E-state index contributed by atoms with van der Waals surface area (Å²) in [6.45, 7) is 17.6. The summed E-state index contributed by atoms with van der Waals surface area (Å²) in [5.74, 6) is 0. The van der Waals surface area contributed by atoms with Crippen molar-refractivity contribution in [1.82, 2.24) is 10.2 Å². The Bertz CT molecular complexity index is 235. The van der Waals surface area contributed by atoms with Gasteiger partial charge in [-0.1, -0.05) is 27.7 Å². The lowest BCUT2D eigenvalue weighted by Crippen LogP contribution is -2.60. The fourth-order valence-electron chi connectivity index (χ4n) is 2.52. The van der Waals surface area contributed by atoms with E-state index in [0.29, 0.717) is 23.6 Å². The maximum absolute atomic E-state index is 5.70. The van der Waals surface area contributed by atoms with Gasteiger partial charge >= 0.3 is 0 Å². The minimum atomic E-state index is 0.329. The SMILES string of the molecule is CCC1CNC(C(C)(C)C)CN1CCOC(C)C. The van der Waals surface area contributed by atoms with E-state index in [-0.39, 0.29) is 0 Å². The first kappa shape index (κ1) is 15.9. The molecule has 1 fully saturated rings. The molecule has 1 heterocycles. The number of nitrogens with one attached hydrogen (secondary N) is 1. The third kappa shape index (κ3) is 4.87. The quantitative estimate of drug-likeness (QED) is 0.818. The lowest BCUT2D eigenvalue weighted by atomic mass is 9.84.